The van der Waals surface area contributed by atoms with Crippen molar-refractivity contribution < 1.29 is 13.7 Å². The van der Waals surface area contributed by atoms with Gasteiger partial charge in [0, 0.05) is 30.9 Å². The average Bonchev–Trinajstić information content (AvgIpc) is 2.33. The molecule has 18 heavy (non-hydrogen) atoms. The Morgan fingerprint density at radius 3 is 2.72 bits per heavy atom. The third-order valence-corrected chi connectivity index (χ3v) is 3.98. The van der Waals surface area contributed by atoms with E-state index in [1.807, 2.05) is 19.1 Å². The summed E-state index contributed by atoms with van der Waals surface area (Å²) in [6, 6.07) is 5.44. The monoisotopic (exact) mass is 271 g/mol. The Kier molecular flexibility index (Phi) is 6.93. The number of nitrogen functional groups attached to an aromatic ring is 1. The number of benzene rings is 1. The highest BCUT2D eigenvalue weighted by Gasteiger charge is 2.07. The summed E-state index contributed by atoms with van der Waals surface area (Å²) < 4.78 is 22.3. The Balaban J connectivity index is 2.32. The lowest BCUT2D eigenvalue weighted by Gasteiger charge is -2.07. The van der Waals surface area contributed by atoms with Gasteiger partial charge in [-0.2, -0.15) is 0 Å². The smallest absolute Gasteiger partial charge is 0.0585 e. The van der Waals surface area contributed by atoms with E-state index in [9.17, 15) is 4.21 Å². The van der Waals surface area contributed by atoms with Gasteiger partial charge in [0.2, 0.25) is 0 Å². The summed E-state index contributed by atoms with van der Waals surface area (Å²) in [4.78, 5) is 0.838. The van der Waals surface area contributed by atoms with Crippen molar-refractivity contribution in [3.8, 4) is 0 Å². The van der Waals surface area contributed by atoms with Gasteiger partial charge in [-0.25, -0.2) is 0 Å². The van der Waals surface area contributed by atoms with Crippen LogP contribution in [0.4, 0.5) is 5.69 Å². The second-order valence-electron chi connectivity index (χ2n) is 4.03. The molecule has 0 aliphatic carbocycles. The maximum absolute atomic E-state index is 12.0. The highest BCUT2D eigenvalue weighted by Crippen LogP contribution is 2.16. The van der Waals surface area contributed by atoms with Crippen LogP contribution >= 0.6 is 0 Å². The highest BCUT2D eigenvalue weighted by atomic mass is 32.2. The molecule has 0 fully saturated rings. The van der Waals surface area contributed by atoms with Gasteiger partial charge in [0.1, 0.15) is 0 Å². The van der Waals surface area contributed by atoms with Crippen molar-refractivity contribution >= 4 is 16.5 Å². The average molecular weight is 271 g/mol. The van der Waals surface area contributed by atoms with Crippen LogP contribution in [0.3, 0.4) is 0 Å². The maximum Gasteiger partial charge on any atom is 0.0585 e. The van der Waals surface area contributed by atoms with Crippen LogP contribution in [0.2, 0.25) is 0 Å². The van der Waals surface area contributed by atoms with Crippen molar-refractivity contribution in [2.24, 2.45) is 0 Å². The second-order valence-corrected chi connectivity index (χ2v) is 5.57. The third-order valence-electron chi connectivity index (χ3n) is 2.49. The summed E-state index contributed by atoms with van der Waals surface area (Å²) in [6.45, 7) is 3.76. The Labute approximate surface area is 111 Å². The minimum atomic E-state index is -1.02. The van der Waals surface area contributed by atoms with Crippen molar-refractivity contribution in [2.45, 2.75) is 18.2 Å². The SMILES string of the molecule is COCCCOCCS(=O)c1ccc(N)cc1C. The van der Waals surface area contributed by atoms with Gasteiger partial charge in [-0.3, -0.25) is 4.21 Å². The summed E-state index contributed by atoms with van der Waals surface area (Å²) in [5, 5.41) is 0. The Morgan fingerprint density at radius 2 is 2.06 bits per heavy atom. The molecule has 1 aromatic rings. The molecule has 4 nitrogen and oxygen atoms in total. The number of anilines is 1. The van der Waals surface area contributed by atoms with Gasteiger partial charge in [0.05, 0.1) is 23.2 Å². The first-order chi connectivity index (χ1) is 8.65. The van der Waals surface area contributed by atoms with Crippen molar-refractivity contribution in [3.63, 3.8) is 0 Å². The van der Waals surface area contributed by atoms with Crippen LogP contribution in [-0.2, 0) is 20.3 Å². The lowest BCUT2D eigenvalue weighted by atomic mass is 10.2. The van der Waals surface area contributed by atoms with E-state index in [2.05, 4.69) is 0 Å². The zero-order chi connectivity index (χ0) is 13.4. The molecule has 0 aliphatic heterocycles. The minimum absolute atomic E-state index is 0.500. The molecular weight excluding hydrogens is 250 g/mol. The quantitative estimate of drug-likeness (QED) is 0.578. The van der Waals surface area contributed by atoms with E-state index in [0.29, 0.717) is 31.3 Å². The van der Waals surface area contributed by atoms with Gasteiger partial charge in [-0.1, -0.05) is 0 Å². The van der Waals surface area contributed by atoms with Crippen LogP contribution in [0.15, 0.2) is 23.1 Å². The van der Waals surface area contributed by atoms with Crippen LogP contribution in [0.25, 0.3) is 0 Å². The molecule has 2 N–H and O–H groups in total. The Morgan fingerprint density at radius 1 is 1.28 bits per heavy atom. The van der Waals surface area contributed by atoms with Crippen LogP contribution in [-0.4, -0.2) is 36.9 Å². The van der Waals surface area contributed by atoms with Gasteiger partial charge in [0.15, 0.2) is 0 Å². The predicted molar refractivity (Wildman–Crippen MR) is 74.2 cm³/mol. The Bertz CT molecular complexity index is 396. The minimum Gasteiger partial charge on any atom is -0.399 e. The normalized spacial score (nSPS) is 12.6. The molecule has 0 saturated carbocycles. The first kappa shape index (κ1) is 15.1. The molecule has 0 saturated heterocycles. The summed E-state index contributed by atoms with van der Waals surface area (Å²) in [5.74, 6) is 0.512. The largest absolute Gasteiger partial charge is 0.399 e. The number of rotatable bonds is 8. The molecule has 1 rings (SSSR count). The standard InChI is InChI=1S/C13H21NO3S/c1-11-10-12(14)4-5-13(11)18(15)9-8-17-7-3-6-16-2/h4-5,10H,3,6-9,14H2,1-2H3. The lowest BCUT2D eigenvalue weighted by molar-refractivity contribution is 0.112. The topological polar surface area (TPSA) is 61.5 Å². The number of hydrogen-bond acceptors (Lipinski definition) is 4. The van der Waals surface area contributed by atoms with E-state index in [1.165, 1.54) is 0 Å². The summed E-state index contributed by atoms with van der Waals surface area (Å²) in [5.41, 5.74) is 7.32. The van der Waals surface area contributed by atoms with Gasteiger partial charge in [-0.05, 0) is 37.1 Å². The molecule has 1 aromatic carbocycles. The summed E-state index contributed by atoms with van der Waals surface area (Å²) >= 11 is 0. The molecule has 0 aliphatic rings. The molecule has 102 valence electrons. The van der Waals surface area contributed by atoms with Crippen LogP contribution in [0.1, 0.15) is 12.0 Å². The van der Waals surface area contributed by atoms with Gasteiger partial charge in [-0.15, -0.1) is 0 Å². The molecule has 0 amide bonds. The maximum atomic E-state index is 12.0. The fraction of sp³-hybridized carbons (Fsp3) is 0.538. The fourth-order valence-electron chi connectivity index (χ4n) is 1.58. The van der Waals surface area contributed by atoms with Crippen molar-refractivity contribution in [2.75, 3.05) is 38.4 Å². The zero-order valence-corrected chi connectivity index (χ0v) is 11.8. The predicted octanol–water partition coefficient (Wildman–Crippen LogP) is 1.74. The summed E-state index contributed by atoms with van der Waals surface area (Å²) in [6.07, 6.45) is 0.865. The third kappa shape index (κ3) is 5.16. The van der Waals surface area contributed by atoms with E-state index >= 15 is 0 Å². The van der Waals surface area contributed by atoms with E-state index < -0.39 is 10.8 Å². The molecule has 0 spiro atoms. The first-order valence-electron chi connectivity index (χ1n) is 5.96. The van der Waals surface area contributed by atoms with E-state index in [4.69, 9.17) is 15.2 Å². The fourth-order valence-corrected chi connectivity index (χ4v) is 2.71. The van der Waals surface area contributed by atoms with Crippen molar-refractivity contribution in [3.05, 3.63) is 23.8 Å². The summed E-state index contributed by atoms with van der Waals surface area (Å²) in [7, 11) is 0.643. The van der Waals surface area contributed by atoms with Crippen molar-refractivity contribution in [1.82, 2.24) is 0 Å². The Hall–Kier alpha value is -0.910. The number of aryl methyl sites for hydroxylation is 1. The van der Waals surface area contributed by atoms with Crippen LogP contribution in [0.5, 0.6) is 0 Å². The first-order valence-corrected chi connectivity index (χ1v) is 7.28. The molecule has 0 heterocycles. The van der Waals surface area contributed by atoms with E-state index in [1.54, 1.807) is 13.2 Å². The highest BCUT2D eigenvalue weighted by molar-refractivity contribution is 7.85. The number of nitrogens with two attached hydrogens (primary N) is 1. The molecule has 0 bridgehead atoms. The molecular formula is C13H21NO3S. The van der Waals surface area contributed by atoms with Crippen molar-refractivity contribution in [1.29, 1.82) is 0 Å². The van der Waals surface area contributed by atoms with Crippen LogP contribution < -0.4 is 5.73 Å². The molecule has 0 radical (unpaired) electrons. The second kappa shape index (κ2) is 8.24. The molecule has 1 atom stereocenters. The molecule has 1 unspecified atom stereocenters. The zero-order valence-electron chi connectivity index (χ0n) is 11.0. The van der Waals surface area contributed by atoms with Gasteiger partial charge >= 0.3 is 0 Å². The van der Waals surface area contributed by atoms with E-state index in [-0.39, 0.29) is 0 Å². The molecule has 5 heteroatoms. The van der Waals surface area contributed by atoms with Gasteiger partial charge in [0.25, 0.3) is 0 Å². The number of ether oxygens (including phenoxy) is 2. The lowest BCUT2D eigenvalue weighted by Crippen LogP contribution is -2.09. The number of methoxy groups -OCH3 is 1. The van der Waals surface area contributed by atoms with Gasteiger partial charge < -0.3 is 15.2 Å². The number of hydrogen-bond donors (Lipinski definition) is 1. The van der Waals surface area contributed by atoms with Crippen LogP contribution in [0, 0.1) is 6.92 Å². The molecule has 0 aromatic heterocycles. The van der Waals surface area contributed by atoms with E-state index in [0.717, 1.165) is 16.9 Å².